The lowest BCUT2D eigenvalue weighted by Gasteiger charge is -2.70. The molecular weight excluding hydrogens is 638 g/mol. The lowest BCUT2D eigenvalue weighted by atomic mass is 9.42. The van der Waals surface area contributed by atoms with E-state index in [-0.39, 0.29) is 24.6 Å². The Balaban J connectivity index is 1.53. The third-order valence-electron chi connectivity index (χ3n) is 13.4. The van der Waals surface area contributed by atoms with Crippen LogP contribution in [0.4, 0.5) is 0 Å². The van der Waals surface area contributed by atoms with Crippen molar-refractivity contribution in [1.82, 2.24) is 4.90 Å². The average Bonchev–Trinajstić information content (AvgIpc) is 3.44. The molecule has 1 saturated heterocycles. The Morgan fingerprint density at radius 3 is 2.20 bits per heavy atom. The van der Waals surface area contributed by atoms with Crippen LogP contribution in [0.25, 0.3) is 0 Å². The Morgan fingerprint density at radius 1 is 0.918 bits per heavy atom. The van der Waals surface area contributed by atoms with Gasteiger partial charge in [0.25, 0.3) is 0 Å². The van der Waals surface area contributed by atoms with Crippen LogP contribution in [0.5, 0.6) is 0 Å². The van der Waals surface area contributed by atoms with E-state index in [1.54, 1.807) is 51.7 Å². The Morgan fingerprint density at radius 2 is 1.63 bits per heavy atom. The summed E-state index contributed by atoms with van der Waals surface area (Å²) in [5.74, 6) is -4.24. The molecule has 5 aliphatic carbocycles. The number of esters is 3. The summed E-state index contributed by atoms with van der Waals surface area (Å²) < 4.78 is 43.9. The number of benzene rings is 1. The Kier molecular flexibility index (Phi) is 8.49. The lowest BCUT2D eigenvalue weighted by Crippen LogP contribution is -2.81. The average molecular weight is 688 g/mol. The SMILES string of the molecule is CCN1C[C@]2(COC)C(OC(C)=O)CC(OC)C34[C@@H]5C[C@@]6(O)[C@H](OC(=O)c7ccccc7)[C@@H]5[C@@](OC(C)=O)(C([C@H](OC)[C@@H]32)[C@@H]14)C(O)[C@@H]6OC. The number of hydrogen-bond donors (Lipinski definition) is 2. The van der Waals surface area contributed by atoms with Crippen molar-refractivity contribution in [3.05, 3.63) is 35.9 Å². The van der Waals surface area contributed by atoms with E-state index in [0.717, 1.165) is 0 Å². The van der Waals surface area contributed by atoms with Gasteiger partial charge in [-0.05, 0) is 31.0 Å². The van der Waals surface area contributed by atoms with Gasteiger partial charge in [0.05, 0.1) is 24.4 Å². The van der Waals surface area contributed by atoms with Crippen molar-refractivity contribution < 1.29 is 57.8 Å². The quantitative estimate of drug-likeness (QED) is 0.267. The molecule has 13 nitrogen and oxygen atoms in total. The molecule has 5 saturated carbocycles. The Labute approximate surface area is 286 Å². The number of aliphatic hydroxyl groups excluding tert-OH is 1. The van der Waals surface area contributed by atoms with Gasteiger partial charge in [0.15, 0.2) is 5.60 Å². The highest BCUT2D eigenvalue weighted by Gasteiger charge is 2.92. The van der Waals surface area contributed by atoms with Crippen molar-refractivity contribution in [1.29, 1.82) is 0 Å². The summed E-state index contributed by atoms with van der Waals surface area (Å²) >= 11 is 0. The molecule has 6 fully saturated rings. The first-order valence-electron chi connectivity index (χ1n) is 17.2. The van der Waals surface area contributed by atoms with Crippen LogP contribution < -0.4 is 0 Å². The number of piperidine rings is 1. The summed E-state index contributed by atoms with van der Waals surface area (Å²) in [5, 5.41) is 25.5. The number of ether oxygens (including phenoxy) is 7. The maximum absolute atomic E-state index is 13.8. The molecule has 0 amide bonds. The van der Waals surface area contributed by atoms with Gasteiger partial charge in [0.1, 0.15) is 30.0 Å². The molecule has 0 aromatic heterocycles. The van der Waals surface area contributed by atoms with Crippen LogP contribution in [0.2, 0.25) is 0 Å². The molecule has 2 N–H and O–H groups in total. The lowest BCUT2D eigenvalue weighted by molar-refractivity contribution is -0.322. The monoisotopic (exact) mass is 687 g/mol. The van der Waals surface area contributed by atoms with Gasteiger partial charge in [-0.25, -0.2) is 4.79 Å². The molecule has 0 radical (unpaired) electrons. The number of fused-ring (bicyclic) bond motifs is 2. The molecule has 5 unspecified atom stereocenters. The normalized spacial score (nSPS) is 47.4. The zero-order chi connectivity index (χ0) is 35.3. The molecule has 1 aromatic rings. The zero-order valence-corrected chi connectivity index (χ0v) is 29.2. The molecule has 49 heavy (non-hydrogen) atoms. The summed E-state index contributed by atoms with van der Waals surface area (Å²) in [6.07, 6.45) is -5.45. The highest BCUT2D eigenvalue weighted by molar-refractivity contribution is 5.89. The fourth-order valence-corrected chi connectivity index (χ4v) is 12.7. The number of aliphatic hydroxyl groups is 2. The largest absolute Gasteiger partial charge is 0.462 e. The summed E-state index contributed by atoms with van der Waals surface area (Å²) in [6, 6.07) is 8.12. The first kappa shape index (κ1) is 34.8. The van der Waals surface area contributed by atoms with E-state index in [4.69, 9.17) is 33.2 Å². The molecule has 1 heterocycles. The van der Waals surface area contributed by atoms with Crippen LogP contribution in [-0.4, -0.2) is 135 Å². The molecule has 13 heteroatoms. The smallest absolute Gasteiger partial charge is 0.338 e. The number of carbonyl (C=O) groups excluding carboxylic acids is 3. The molecule has 1 aromatic carbocycles. The summed E-state index contributed by atoms with van der Waals surface area (Å²) in [7, 11) is 6.25. The first-order valence-corrected chi connectivity index (χ1v) is 17.2. The minimum atomic E-state index is -1.86. The van der Waals surface area contributed by atoms with Crippen LogP contribution in [0, 0.1) is 34.5 Å². The van der Waals surface area contributed by atoms with Crippen LogP contribution in [0.15, 0.2) is 30.3 Å². The molecule has 1 aliphatic heterocycles. The van der Waals surface area contributed by atoms with Gasteiger partial charge in [0, 0.05) is 89.9 Å². The number of carbonyl (C=O) groups is 3. The van der Waals surface area contributed by atoms with E-state index in [0.29, 0.717) is 19.5 Å². The number of nitrogens with zero attached hydrogens (tertiary/aromatic N) is 1. The van der Waals surface area contributed by atoms with Gasteiger partial charge >= 0.3 is 17.9 Å². The summed E-state index contributed by atoms with van der Waals surface area (Å²) in [5.41, 5.74) is -4.92. The predicted molar refractivity (Wildman–Crippen MR) is 170 cm³/mol. The van der Waals surface area contributed by atoms with E-state index in [9.17, 15) is 24.6 Å². The third kappa shape index (κ3) is 4.21. The maximum Gasteiger partial charge on any atom is 0.338 e. The van der Waals surface area contributed by atoms with Crippen molar-refractivity contribution in [3.63, 3.8) is 0 Å². The maximum atomic E-state index is 13.8. The van der Waals surface area contributed by atoms with Crippen molar-refractivity contribution in [3.8, 4) is 0 Å². The van der Waals surface area contributed by atoms with Crippen LogP contribution in [0.3, 0.4) is 0 Å². The topological polar surface area (TPSA) is 160 Å². The van der Waals surface area contributed by atoms with Crippen molar-refractivity contribution in [2.75, 3.05) is 48.1 Å². The van der Waals surface area contributed by atoms with Crippen LogP contribution in [0.1, 0.15) is 44.0 Å². The highest BCUT2D eigenvalue weighted by atomic mass is 16.6. The van der Waals surface area contributed by atoms with Crippen molar-refractivity contribution in [2.45, 2.75) is 87.5 Å². The zero-order valence-electron chi connectivity index (χ0n) is 29.2. The number of likely N-dealkylation sites (tertiary alicyclic amines) is 1. The molecular formula is C36H49NO12. The van der Waals surface area contributed by atoms with Gasteiger partial charge in [-0.15, -0.1) is 0 Å². The number of rotatable bonds is 10. The van der Waals surface area contributed by atoms with Gasteiger partial charge in [0.2, 0.25) is 0 Å². The first-order chi connectivity index (χ1) is 23.4. The molecule has 7 rings (SSSR count). The van der Waals surface area contributed by atoms with Crippen LogP contribution >= 0.6 is 0 Å². The van der Waals surface area contributed by atoms with Crippen molar-refractivity contribution >= 4 is 17.9 Å². The van der Waals surface area contributed by atoms with Gasteiger partial charge in [-0.3, -0.25) is 14.5 Å². The summed E-state index contributed by atoms with van der Waals surface area (Å²) in [6.45, 7) is 5.99. The van der Waals surface area contributed by atoms with E-state index in [2.05, 4.69) is 4.90 Å². The van der Waals surface area contributed by atoms with Crippen molar-refractivity contribution in [2.24, 2.45) is 34.5 Å². The minimum absolute atomic E-state index is 0.0534. The summed E-state index contributed by atoms with van der Waals surface area (Å²) in [4.78, 5) is 42.2. The van der Waals surface area contributed by atoms with Crippen LogP contribution in [-0.2, 0) is 42.7 Å². The molecule has 1 spiro atoms. The second-order valence-corrected chi connectivity index (χ2v) is 15.0. The standard InChI is InChI=1S/C36H49NO12/c1-8-37-16-33(17-43-4)22(47-18(2)38)14-23(44-5)35-21-15-34(42)30(48-32(41)20-12-10-9-11-13-20)24(21)36(49-19(3)39,29(40)31(34)46-7)25(28(35)37)26(45-6)27(33)35/h9-13,21-31,40,42H,8,14-17H2,1-7H3/t21-,22?,23?,24-,25?,26+,27-,28-,29?,30-,31+,33+,34-,35?,36-/m1/s1. The van der Waals surface area contributed by atoms with Gasteiger partial charge in [-0.2, -0.15) is 0 Å². The highest BCUT2D eigenvalue weighted by Crippen LogP contribution is 2.80. The van der Waals surface area contributed by atoms with Gasteiger partial charge in [-0.1, -0.05) is 25.1 Å². The number of methoxy groups -OCH3 is 4. The van der Waals surface area contributed by atoms with E-state index >= 15 is 0 Å². The second-order valence-electron chi connectivity index (χ2n) is 15.0. The fraction of sp³-hybridized carbons (Fsp3) is 0.750. The van der Waals surface area contributed by atoms with E-state index in [1.165, 1.54) is 21.0 Å². The Hall–Kier alpha value is -2.65. The third-order valence-corrected chi connectivity index (χ3v) is 13.4. The van der Waals surface area contributed by atoms with E-state index < -0.39 is 100 Å². The Bertz CT molecular complexity index is 1480. The molecule has 7 bridgehead atoms. The fourth-order valence-electron chi connectivity index (χ4n) is 12.7. The van der Waals surface area contributed by atoms with Gasteiger partial charge < -0.3 is 43.4 Å². The van der Waals surface area contributed by atoms with E-state index in [1.807, 2.05) is 6.92 Å². The molecule has 6 aliphatic rings. The molecule has 270 valence electrons. The number of hydrogen-bond acceptors (Lipinski definition) is 13. The second kappa shape index (κ2) is 12.0. The predicted octanol–water partition coefficient (Wildman–Crippen LogP) is 1.22. The molecule has 15 atom stereocenters. The minimum Gasteiger partial charge on any atom is -0.462 e.